The summed E-state index contributed by atoms with van der Waals surface area (Å²) < 4.78 is 0. The van der Waals surface area contributed by atoms with E-state index in [1.807, 2.05) is 60.7 Å². The molecule has 0 bridgehead atoms. The van der Waals surface area contributed by atoms with Gasteiger partial charge in [-0.3, -0.25) is 0 Å². The first-order valence-corrected chi connectivity index (χ1v) is 7.24. The highest BCUT2D eigenvalue weighted by Crippen LogP contribution is 2.24. The highest BCUT2D eigenvalue weighted by Gasteiger charge is 2.10. The van der Waals surface area contributed by atoms with Gasteiger partial charge in [0.15, 0.2) is 0 Å². The van der Waals surface area contributed by atoms with Crippen molar-refractivity contribution in [2.45, 2.75) is 0 Å². The molecule has 0 spiro atoms. The second-order valence-corrected chi connectivity index (χ2v) is 5.26. The normalized spacial score (nSPS) is 10.1. The van der Waals surface area contributed by atoms with Crippen molar-refractivity contribution in [3.8, 4) is 28.3 Å². The quantitative estimate of drug-likeness (QED) is 0.731. The van der Waals surface area contributed by atoms with Crippen LogP contribution in [0.2, 0.25) is 0 Å². The summed E-state index contributed by atoms with van der Waals surface area (Å²) in [6.07, 6.45) is 0. The van der Waals surface area contributed by atoms with Crippen LogP contribution in [0.5, 0.6) is 0 Å². The number of nitrogens with zero attached hydrogens (tertiary/aromatic N) is 1. The molecule has 0 aliphatic heterocycles. The maximum Gasteiger partial charge on any atom is 0.488 e. The van der Waals surface area contributed by atoms with Crippen molar-refractivity contribution >= 4 is 12.6 Å². The van der Waals surface area contributed by atoms with E-state index >= 15 is 0 Å². The van der Waals surface area contributed by atoms with E-state index in [2.05, 4.69) is 6.07 Å². The van der Waals surface area contributed by atoms with E-state index in [1.165, 1.54) is 0 Å². The second kappa shape index (κ2) is 6.49. The first kappa shape index (κ1) is 15.0. The van der Waals surface area contributed by atoms with Gasteiger partial charge < -0.3 is 10.0 Å². The van der Waals surface area contributed by atoms with Crippen molar-refractivity contribution in [2.24, 2.45) is 0 Å². The van der Waals surface area contributed by atoms with Gasteiger partial charge in [-0.15, -0.1) is 0 Å². The highest BCUT2D eigenvalue weighted by atomic mass is 16.4. The molecule has 0 atom stereocenters. The molecule has 0 aliphatic carbocycles. The Morgan fingerprint density at radius 3 is 1.30 bits per heavy atom. The minimum Gasteiger partial charge on any atom is -0.423 e. The lowest BCUT2D eigenvalue weighted by molar-refractivity contribution is 0.426. The number of rotatable bonds is 3. The van der Waals surface area contributed by atoms with Gasteiger partial charge in [0, 0.05) is 0 Å². The molecule has 0 aromatic heterocycles. The minimum absolute atomic E-state index is 0.475. The summed E-state index contributed by atoms with van der Waals surface area (Å²) in [5.41, 5.74) is 5.34. The SMILES string of the molecule is N#Cc1ccc(-c2ccc(-c3ccc(B(O)O)cc3)cc2)cc1. The van der Waals surface area contributed by atoms with Gasteiger partial charge in [-0.05, 0) is 39.8 Å². The third-order valence-corrected chi connectivity index (χ3v) is 3.77. The van der Waals surface area contributed by atoms with E-state index < -0.39 is 7.12 Å². The van der Waals surface area contributed by atoms with E-state index in [0.717, 1.165) is 22.3 Å². The molecule has 3 rings (SSSR count). The zero-order valence-corrected chi connectivity index (χ0v) is 12.3. The summed E-state index contributed by atoms with van der Waals surface area (Å²) in [5.74, 6) is 0. The third-order valence-electron chi connectivity index (χ3n) is 3.77. The smallest absolute Gasteiger partial charge is 0.423 e. The van der Waals surface area contributed by atoms with Crippen molar-refractivity contribution in [1.82, 2.24) is 0 Å². The molecule has 0 amide bonds. The predicted molar refractivity (Wildman–Crippen MR) is 91.9 cm³/mol. The van der Waals surface area contributed by atoms with Gasteiger partial charge in [0.25, 0.3) is 0 Å². The van der Waals surface area contributed by atoms with E-state index in [4.69, 9.17) is 15.3 Å². The van der Waals surface area contributed by atoms with Crippen molar-refractivity contribution in [1.29, 1.82) is 5.26 Å². The van der Waals surface area contributed by atoms with Crippen molar-refractivity contribution in [2.75, 3.05) is 0 Å². The van der Waals surface area contributed by atoms with Crippen LogP contribution in [0.1, 0.15) is 5.56 Å². The Hall–Kier alpha value is -2.87. The molecule has 3 aromatic carbocycles. The summed E-state index contributed by atoms with van der Waals surface area (Å²) in [7, 11) is -1.44. The van der Waals surface area contributed by atoms with Crippen LogP contribution >= 0.6 is 0 Å². The zero-order valence-electron chi connectivity index (χ0n) is 12.3. The molecule has 3 nitrogen and oxygen atoms in total. The molecule has 0 aliphatic rings. The van der Waals surface area contributed by atoms with Gasteiger partial charge in [-0.25, -0.2) is 0 Å². The van der Waals surface area contributed by atoms with Crippen LogP contribution in [0.25, 0.3) is 22.3 Å². The van der Waals surface area contributed by atoms with Crippen molar-refractivity contribution in [3.05, 3.63) is 78.4 Å². The fraction of sp³-hybridized carbons (Fsp3) is 0. The fourth-order valence-electron chi connectivity index (χ4n) is 2.44. The Morgan fingerprint density at radius 2 is 0.957 bits per heavy atom. The van der Waals surface area contributed by atoms with Crippen LogP contribution < -0.4 is 5.46 Å². The number of nitriles is 1. The summed E-state index contributed by atoms with van der Waals surface area (Å²) in [5, 5.41) is 27.1. The Labute approximate surface area is 135 Å². The topological polar surface area (TPSA) is 64.2 Å². The largest absolute Gasteiger partial charge is 0.488 e. The van der Waals surface area contributed by atoms with Crippen LogP contribution in [-0.4, -0.2) is 17.2 Å². The second-order valence-electron chi connectivity index (χ2n) is 5.26. The summed E-state index contributed by atoms with van der Waals surface area (Å²) in [6, 6.07) is 24.9. The molecule has 2 N–H and O–H groups in total. The molecular formula is C19H14BNO2. The van der Waals surface area contributed by atoms with Gasteiger partial charge in [0.1, 0.15) is 0 Å². The third kappa shape index (κ3) is 3.32. The number of benzene rings is 3. The lowest BCUT2D eigenvalue weighted by Gasteiger charge is -2.06. The van der Waals surface area contributed by atoms with Gasteiger partial charge in [-0.1, -0.05) is 60.7 Å². The molecule has 0 saturated carbocycles. The lowest BCUT2D eigenvalue weighted by Crippen LogP contribution is -2.29. The maximum atomic E-state index is 9.12. The average molecular weight is 299 g/mol. The molecule has 23 heavy (non-hydrogen) atoms. The molecule has 0 fully saturated rings. The standard InChI is InChI=1S/C19H14BNO2/c21-13-14-1-3-15(4-2-14)16-5-7-17(8-6-16)18-9-11-19(12-10-18)20(22)23/h1-12,22-23H. The van der Waals surface area contributed by atoms with Gasteiger partial charge in [0.05, 0.1) is 11.6 Å². The molecule has 3 aromatic rings. The van der Waals surface area contributed by atoms with E-state index in [-0.39, 0.29) is 0 Å². The van der Waals surface area contributed by atoms with Gasteiger partial charge in [-0.2, -0.15) is 5.26 Å². The minimum atomic E-state index is -1.44. The van der Waals surface area contributed by atoms with Crippen LogP contribution in [0, 0.1) is 11.3 Å². The monoisotopic (exact) mass is 299 g/mol. The van der Waals surface area contributed by atoms with Crippen molar-refractivity contribution < 1.29 is 10.0 Å². The molecule has 0 heterocycles. The van der Waals surface area contributed by atoms with E-state index in [0.29, 0.717) is 11.0 Å². The molecule has 0 saturated heterocycles. The van der Waals surface area contributed by atoms with Gasteiger partial charge in [0.2, 0.25) is 0 Å². The molecule has 0 unspecified atom stereocenters. The predicted octanol–water partition coefficient (Wildman–Crippen LogP) is 2.57. The maximum absolute atomic E-state index is 9.12. The molecule has 4 heteroatoms. The van der Waals surface area contributed by atoms with E-state index in [9.17, 15) is 0 Å². The summed E-state index contributed by atoms with van der Waals surface area (Å²) >= 11 is 0. The molecule has 110 valence electrons. The van der Waals surface area contributed by atoms with E-state index in [1.54, 1.807) is 12.1 Å². The van der Waals surface area contributed by atoms with Crippen molar-refractivity contribution in [3.63, 3.8) is 0 Å². The molecule has 0 radical (unpaired) electrons. The van der Waals surface area contributed by atoms with Crippen LogP contribution in [0.15, 0.2) is 72.8 Å². The van der Waals surface area contributed by atoms with Gasteiger partial charge >= 0.3 is 7.12 Å². The highest BCUT2D eigenvalue weighted by molar-refractivity contribution is 6.58. The Kier molecular flexibility index (Phi) is 4.25. The summed E-state index contributed by atoms with van der Waals surface area (Å²) in [6.45, 7) is 0. The first-order chi connectivity index (χ1) is 11.2. The zero-order chi connectivity index (χ0) is 16.2. The Morgan fingerprint density at radius 1 is 0.609 bits per heavy atom. The lowest BCUT2D eigenvalue weighted by atomic mass is 9.80. The fourth-order valence-corrected chi connectivity index (χ4v) is 2.44. The summed E-state index contributed by atoms with van der Waals surface area (Å²) in [4.78, 5) is 0. The molecular weight excluding hydrogens is 285 g/mol. The Bertz CT molecular complexity index is 833. The van der Waals surface area contributed by atoms with Crippen LogP contribution in [-0.2, 0) is 0 Å². The van der Waals surface area contributed by atoms with Crippen LogP contribution in [0.3, 0.4) is 0 Å². The number of hydrogen-bond donors (Lipinski definition) is 2. The van der Waals surface area contributed by atoms with Crippen LogP contribution in [0.4, 0.5) is 0 Å². The first-order valence-electron chi connectivity index (χ1n) is 7.24. The average Bonchev–Trinajstić information content (AvgIpc) is 2.62. The number of hydrogen-bond acceptors (Lipinski definition) is 3. The Balaban J connectivity index is 1.85.